The van der Waals surface area contributed by atoms with Crippen LogP contribution in [0.4, 0.5) is 13.2 Å². The Hall–Kier alpha value is -1.61. The van der Waals surface area contributed by atoms with Gasteiger partial charge in [-0.3, -0.25) is 4.79 Å². The molecule has 3 fully saturated rings. The second-order valence-electron chi connectivity index (χ2n) is 9.45. The maximum absolute atomic E-state index is 14.0. The Labute approximate surface area is 181 Å². The number of hydrogen-bond donors (Lipinski definition) is 1. The average molecular weight is 459 g/mol. The molecule has 5 nitrogen and oxygen atoms in total. The number of benzene rings is 1. The lowest BCUT2D eigenvalue weighted by Gasteiger charge is -2.41. The van der Waals surface area contributed by atoms with Crippen molar-refractivity contribution in [1.29, 1.82) is 0 Å². The second-order valence-corrected chi connectivity index (χ2v) is 11.7. The number of nitrogens with two attached hydrogens (primary N) is 1. The Morgan fingerprint density at radius 1 is 1.03 bits per heavy atom. The highest BCUT2D eigenvalue weighted by Gasteiger charge is 2.44. The van der Waals surface area contributed by atoms with E-state index in [4.69, 9.17) is 5.73 Å². The summed E-state index contributed by atoms with van der Waals surface area (Å²) in [6.07, 6.45) is 5.02. The van der Waals surface area contributed by atoms with Gasteiger partial charge in [0.15, 0.2) is 21.5 Å². The van der Waals surface area contributed by atoms with E-state index in [1.165, 1.54) is 0 Å². The molecule has 1 amide bonds. The minimum Gasteiger partial charge on any atom is -0.337 e. The summed E-state index contributed by atoms with van der Waals surface area (Å²) >= 11 is 0. The van der Waals surface area contributed by atoms with Crippen LogP contribution in [0.3, 0.4) is 0 Å². The van der Waals surface area contributed by atoms with Gasteiger partial charge in [-0.15, -0.1) is 0 Å². The predicted molar refractivity (Wildman–Crippen MR) is 110 cm³/mol. The van der Waals surface area contributed by atoms with E-state index in [0.717, 1.165) is 31.7 Å². The Morgan fingerprint density at radius 2 is 1.65 bits per heavy atom. The van der Waals surface area contributed by atoms with Crippen molar-refractivity contribution < 1.29 is 26.4 Å². The third-order valence-corrected chi connectivity index (χ3v) is 8.83. The number of halogens is 3. The van der Waals surface area contributed by atoms with E-state index in [1.54, 1.807) is 0 Å². The van der Waals surface area contributed by atoms with Crippen LogP contribution >= 0.6 is 0 Å². The number of amides is 1. The van der Waals surface area contributed by atoms with Gasteiger partial charge in [-0.2, -0.15) is 0 Å². The van der Waals surface area contributed by atoms with Crippen LogP contribution in [0.2, 0.25) is 0 Å². The van der Waals surface area contributed by atoms with E-state index in [-0.39, 0.29) is 59.7 Å². The number of fused-ring (bicyclic) bond motifs is 2. The number of piperidine rings is 1. The quantitative estimate of drug-likeness (QED) is 0.608. The molecule has 0 spiro atoms. The maximum Gasteiger partial charge on any atom is 0.224 e. The molecule has 9 heteroatoms. The normalized spacial score (nSPS) is 26.8. The molecule has 172 valence electrons. The van der Waals surface area contributed by atoms with E-state index >= 15 is 0 Å². The van der Waals surface area contributed by atoms with Crippen LogP contribution in [0.1, 0.15) is 50.5 Å². The van der Waals surface area contributed by atoms with Crippen molar-refractivity contribution >= 4 is 15.7 Å². The minimum atomic E-state index is -3.20. The topological polar surface area (TPSA) is 80.5 Å². The third kappa shape index (κ3) is 5.25. The Morgan fingerprint density at radius 3 is 2.26 bits per heavy atom. The van der Waals surface area contributed by atoms with Crippen molar-refractivity contribution in [3.05, 3.63) is 35.1 Å². The summed E-state index contributed by atoms with van der Waals surface area (Å²) in [4.78, 5) is 14.6. The van der Waals surface area contributed by atoms with E-state index in [0.29, 0.717) is 18.9 Å². The molecular weight excluding hydrogens is 429 g/mol. The lowest BCUT2D eigenvalue weighted by Crippen LogP contribution is -2.50. The lowest BCUT2D eigenvalue weighted by atomic mass is 9.82. The fraction of sp³-hybridized carbons (Fsp3) is 0.682. The van der Waals surface area contributed by atoms with E-state index < -0.39 is 33.3 Å². The van der Waals surface area contributed by atoms with Crippen LogP contribution < -0.4 is 5.73 Å². The molecule has 2 bridgehead atoms. The first-order valence-electron chi connectivity index (χ1n) is 11.0. The fourth-order valence-corrected chi connectivity index (χ4v) is 6.92. The van der Waals surface area contributed by atoms with Gasteiger partial charge in [0.1, 0.15) is 5.82 Å². The molecule has 0 unspecified atom stereocenters. The van der Waals surface area contributed by atoms with Crippen LogP contribution in [-0.4, -0.2) is 48.9 Å². The summed E-state index contributed by atoms with van der Waals surface area (Å²) in [7, 11) is -3.20. The van der Waals surface area contributed by atoms with E-state index in [9.17, 15) is 26.4 Å². The van der Waals surface area contributed by atoms with Crippen LogP contribution in [0.25, 0.3) is 0 Å². The Bertz CT molecular complexity index is 938. The lowest BCUT2D eigenvalue weighted by molar-refractivity contribution is -0.136. The first kappa shape index (κ1) is 22.6. The van der Waals surface area contributed by atoms with Crippen molar-refractivity contribution in [1.82, 2.24) is 4.90 Å². The van der Waals surface area contributed by atoms with Crippen molar-refractivity contribution in [3.8, 4) is 0 Å². The van der Waals surface area contributed by atoms with E-state index in [2.05, 4.69) is 0 Å². The third-order valence-electron chi connectivity index (χ3n) is 7.02. The second kappa shape index (κ2) is 8.73. The summed E-state index contributed by atoms with van der Waals surface area (Å²) in [5.41, 5.74) is 6.37. The van der Waals surface area contributed by atoms with Crippen molar-refractivity contribution in [2.75, 3.05) is 11.5 Å². The molecule has 31 heavy (non-hydrogen) atoms. The van der Waals surface area contributed by atoms with Gasteiger partial charge >= 0.3 is 0 Å². The first-order valence-corrected chi connectivity index (χ1v) is 12.9. The molecule has 2 aliphatic heterocycles. The zero-order valence-electron chi connectivity index (χ0n) is 17.4. The molecule has 2 saturated heterocycles. The summed E-state index contributed by atoms with van der Waals surface area (Å²) in [5, 5.41) is 0. The molecule has 3 aliphatic rings. The molecule has 1 saturated carbocycles. The highest BCUT2D eigenvalue weighted by Crippen LogP contribution is 2.40. The van der Waals surface area contributed by atoms with Gasteiger partial charge in [0.2, 0.25) is 5.91 Å². The largest absolute Gasteiger partial charge is 0.337 e. The van der Waals surface area contributed by atoms with Gasteiger partial charge in [-0.25, -0.2) is 21.6 Å². The van der Waals surface area contributed by atoms with Gasteiger partial charge < -0.3 is 10.6 Å². The zero-order chi connectivity index (χ0) is 22.3. The summed E-state index contributed by atoms with van der Waals surface area (Å²) < 4.78 is 65.0. The Kier molecular flexibility index (Phi) is 6.36. The highest BCUT2D eigenvalue weighted by atomic mass is 32.2. The van der Waals surface area contributed by atoms with Crippen molar-refractivity contribution in [2.45, 2.75) is 69.5 Å². The molecule has 0 radical (unpaired) electrons. The molecule has 4 atom stereocenters. The smallest absolute Gasteiger partial charge is 0.224 e. The number of carbonyl (C=O) groups is 1. The summed E-state index contributed by atoms with van der Waals surface area (Å²) in [6.45, 7) is 0. The highest BCUT2D eigenvalue weighted by molar-refractivity contribution is 7.91. The summed E-state index contributed by atoms with van der Waals surface area (Å²) in [5.74, 6) is -2.86. The minimum absolute atomic E-state index is 0.00300. The van der Waals surface area contributed by atoms with Gasteiger partial charge in [0.25, 0.3) is 0 Å². The summed E-state index contributed by atoms with van der Waals surface area (Å²) in [6, 6.07) is 0.976. The number of nitrogens with zero attached hydrogens (tertiary/aromatic N) is 1. The van der Waals surface area contributed by atoms with Gasteiger partial charge in [-0.1, -0.05) is 0 Å². The fourth-order valence-electron chi connectivity index (χ4n) is 5.22. The molecule has 0 aromatic heterocycles. The van der Waals surface area contributed by atoms with Gasteiger partial charge in [-0.05, 0) is 68.4 Å². The van der Waals surface area contributed by atoms with Crippen LogP contribution in [-0.2, 0) is 21.1 Å². The number of rotatable bonds is 8. The SMILES string of the molecule is N[C@H](Cc1cc(F)c(F)cc1F)[C@@H]1C[C@H]2CC[C@@H](C1)N2C(=O)CCS(=O)(=O)CC1CC1. The number of carbonyl (C=O) groups excluding carboxylic acids is 1. The zero-order valence-corrected chi connectivity index (χ0v) is 18.2. The van der Waals surface area contributed by atoms with Crippen molar-refractivity contribution in [2.24, 2.45) is 17.6 Å². The predicted octanol–water partition coefficient (Wildman–Crippen LogP) is 2.96. The first-order chi connectivity index (χ1) is 14.6. The van der Waals surface area contributed by atoms with Crippen molar-refractivity contribution in [3.63, 3.8) is 0 Å². The van der Waals surface area contributed by atoms with E-state index in [1.807, 2.05) is 4.90 Å². The van der Waals surface area contributed by atoms with Crippen LogP contribution in [0, 0.1) is 29.3 Å². The number of sulfone groups is 1. The van der Waals surface area contributed by atoms with Crippen LogP contribution in [0.15, 0.2) is 12.1 Å². The molecule has 1 aliphatic carbocycles. The molecular formula is C22H29F3N2O3S. The molecule has 2 N–H and O–H groups in total. The Balaban J connectivity index is 1.34. The number of hydrogen-bond acceptors (Lipinski definition) is 4. The standard InChI is InChI=1S/C22H29F3N2O3S/c23-18-11-20(25)19(24)9-14(18)10-21(26)15-7-16-3-4-17(8-15)27(16)22(28)5-6-31(29,30)12-13-1-2-13/h9,11,13,15-17,21H,1-8,10,12,26H2/t15-,16-,17+,21-/m1/s1. The molecule has 4 rings (SSSR count). The molecule has 2 heterocycles. The van der Waals surface area contributed by atoms with Crippen LogP contribution in [0.5, 0.6) is 0 Å². The monoisotopic (exact) mass is 458 g/mol. The van der Waals surface area contributed by atoms with Gasteiger partial charge in [0.05, 0.1) is 11.5 Å². The van der Waals surface area contributed by atoms with Gasteiger partial charge in [0, 0.05) is 30.6 Å². The average Bonchev–Trinajstić information content (AvgIpc) is 3.46. The molecule has 1 aromatic carbocycles. The maximum atomic E-state index is 14.0. The molecule has 1 aromatic rings.